The lowest BCUT2D eigenvalue weighted by molar-refractivity contribution is -0.145. The number of amides is 2. The van der Waals surface area contributed by atoms with Crippen molar-refractivity contribution in [3.05, 3.63) is 0 Å². The van der Waals surface area contributed by atoms with Gasteiger partial charge in [-0.15, -0.1) is 0 Å². The van der Waals surface area contributed by atoms with Gasteiger partial charge in [0, 0.05) is 27.2 Å². The number of ether oxygens (including phenoxy) is 1. The van der Waals surface area contributed by atoms with Crippen molar-refractivity contribution in [2.24, 2.45) is 0 Å². The number of likely N-dealkylation sites (N-methyl/N-ethyl adjacent to an activating group) is 1. The minimum absolute atomic E-state index is 0.364. The van der Waals surface area contributed by atoms with Gasteiger partial charge in [0.25, 0.3) is 0 Å². The Bertz CT molecular complexity index is 207. The Labute approximate surface area is 90.8 Å². The second-order valence-electron chi connectivity index (χ2n) is 3.33. The van der Waals surface area contributed by atoms with Gasteiger partial charge in [0.2, 0.25) is 0 Å². The summed E-state index contributed by atoms with van der Waals surface area (Å²) in [7, 11) is 3.18. The molecule has 0 radical (unpaired) electrons. The summed E-state index contributed by atoms with van der Waals surface area (Å²) in [4.78, 5) is 24.1. The second kappa shape index (κ2) is 8.23. The van der Waals surface area contributed by atoms with Crippen molar-refractivity contribution in [2.45, 2.75) is 19.8 Å². The molecule has 0 fully saturated rings. The van der Waals surface area contributed by atoms with Gasteiger partial charge in [-0.05, 0) is 6.42 Å². The fourth-order valence-corrected chi connectivity index (χ4v) is 1.01. The van der Waals surface area contributed by atoms with Crippen molar-refractivity contribution < 1.29 is 14.3 Å². The Balaban J connectivity index is 3.81. The highest BCUT2D eigenvalue weighted by Gasteiger charge is 2.16. The topological polar surface area (TPSA) is 58.6 Å². The van der Waals surface area contributed by atoms with E-state index in [0.717, 1.165) is 12.8 Å². The van der Waals surface area contributed by atoms with Crippen molar-refractivity contribution in [1.82, 2.24) is 10.2 Å². The van der Waals surface area contributed by atoms with Gasteiger partial charge < -0.3 is 15.0 Å². The third-order valence-corrected chi connectivity index (χ3v) is 1.98. The number of carbonyl (C=O) groups excluding carboxylic acids is 2. The van der Waals surface area contributed by atoms with Crippen molar-refractivity contribution in [1.29, 1.82) is 0 Å². The van der Waals surface area contributed by atoms with Gasteiger partial charge in [0.1, 0.15) is 0 Å². The predicted octanol–water partition coefficient (Wildman–Crippen LogP) is 0.00750. The zero-order valence-electron chi connectivity index (χ0n) is 9.71. The van der Waals surface area contributed by atoms with E-state index in [1.54, 1.807) is 14.2 Å². The first kappa shape index (κ1) is 13.9. The van der Waals surface area contributed by atoms with Crippen LogP contribution in [0, 0.1) is 0 Å². The van der Waals surface area contributed by atoms with E-state index < -0.39 is 11.8 Å². The molecule has 2 amide bonds. The maximum atomic E-state index is 11.4. The average Bonchev–Trinajstić information content (AvgIpc) is 2.24. The molecule has 0 aliphatic heterocycles. The fraction of sp³-hybridized carbons (Fsp3) is 0.800. The van der Waals surface area contributed by atoms with Crippen LogP contribution in [0.1, 0.15) is 19.8 Å². The maximum Gasteiger partial charge on any atom is 0.311 e. The molecule has 5 nitrogen and oxygen atoms in total. The van der Waals surface area contributed by atoms with Gasteiger partial charge in [-0.25, -0.2) is 0 Å². The van der Waals surface area contributed by atoms with Crippen LogP contribution in [0.4, 0.5) is 0 Å². The molecule has 1 N–H and O–H groups in total. The molecule has 0 aromatic carbocycles. The van der Waals surface area contributed by atoms with Crippen molar-refractivity contribution in [3.8, 4) is 0 Å². The fourth-order valence-electron chi connectivity index (χ4n) is 1.01. The van der Waals surface area contributed by atoms with Crippen molar-refractivity contribution >= 4 is 11.8 Å². The van der Waals surface area contributed by atoms with E-state index in [1.165, 1.54) is 4.90 Å². The van der Waals surface area contributed by atoms with Crippen LogP contribution < -0.4 is 5.32 Å². The molecule has 0 aromatic rings. The van der Waals surface area contributed by atoms with Gasteiger partial charge in [0.05, 0.1) is 6.61 Å². The first-order valence-electron chi connectivity index (χ1n) is 5.15. The SMILES string of the molecule is CCCCN(C)C(=O)C(=O)NCCOC. The quantitative estimate of drug-likeness (QED) is 0.502. The number of unbranched alkanes of at least 4 members (excludes halogenated alkanes) is 1. The molecule has 0 bridgehead atoms. The number of nitrogens with one attached hydrogen (secondary N) is 1. The number of hydrogen-bond acceptors (Lipinski definition) is 3. The van der Waals surface area contributed by atoms with E-state index >= 15 is 0 Å². The minimum atomic E-state index is -0.564. The molecule has 0 aromatic heterocycles. The van der Waals surface area contributed by atoms with Gasteiger partial charge in [0.15, 0.2) is 0 Å². The Hall–Kier alpha value is -1.10. The lowest BCUT2D eigenvalue weighted by atomic mass is 10.3. The molecule has 0 heterocycles. The summed E-state index contributed by atoms with van der Waals surface area (Å²) in [5, 5.41) is 2.49. The summed E-state index contributed by atoms with van der Waals surface area (Å²) in [5.74, 6) is -1.05. The van der Waals surface area contributed by atoms with E-state index in [4.69, 9.17) is 4.74 Å². The largest absolute Gasteiger partial charge is 0.383 e. The third-order valence-electron chi connectivity index (χ3n) is 1.98. The molecule has 0 atom stereocenters. The highest BCUT2D eigenvalue weighted by atomic mass is 16.5. The van der Waals surface area contributed by atoms with E-state index in [1.807, 2.05) is 6.92 Å². The smallest absolute Gasteiger partial charge is 0.311 e. The van der Waals surface area contributed by atoms with E-state index in [9.17, 15) is 9.59 Å². The number of nitrogens with zero attached hydrogens (tertiary/aromatic N) is 1. The predicted molar refractivity (Wildman–Crippen MR) is 57.4 cm³/mol. The molecule has 0 spiro atoms. The Morgan fingerprint density at radius 3 is 2.60 bits per heavy atom. The van der Waals surface area contributed by atoms with Crippen LogP contribution >= 0.6 is 0 Å². The molecule has 5 heteroatoms. The van der Waals surface area contributed by atoms with Gasteiger partial charge in [-0.1, -0.05) is 13.3 Å². The van der Waals surface area contributed by atoms with Crippen LogP contribution in [-0.2, 0) is 14.3 Å². The first-order chi connectivity index (χ1) is 7.13. The Morgan fingerprint density at radius 2 is 2.07 bits per heavy atom. The molecular formula is C10H20N2O3. The summed E-state index contributed by atoms with van der Waals surface area (Å²) in [6.07, 6.45) is 1.91. The zero-order chi connectivity index (χ0) is 11.7. The van der Waals surface area contributed by atoms with Crippen LogP contribution in [0.5, 0.6) is 0 Å². The average molecular weight is 216 g/mol. The molecule has 0 rings (SSSR count). The highest BCUT2D eigenvalue weighted by Crippen LogP contribution is 1.92. The molecule has 15 heavy (non-hydrogen) atoms. The molecule has 88 valence electrons. The van der Waals surface area contributed by atoms with Crippen LogP contribution in [0.25, 0.3) is 0 Å². The lowest BCUT2D eigenvalue weighted by Gasteiger charge is -2.15. The van der Waals surface area contributed by atoms with E-state index in [2.05, 4.69) is 5.32 Å². The highest BCUT2D eigenvalue weighted by molar-refractivity contribution is 6.34. The summed E-state index contributed by atoms with van der Waals surface area (Å²) in [6.45, 7) is 3.43. The molecule has 0 unspecified atom stereocenters. The molecular weight excluding hydrogens is 196 g/mol. The number of carbonyl (C=O) groups is 2. The third kappa shape index (κ3) is 6.06. The van der Waals surface area contributed by atoms with Crippen molar-refractivity contribution in [3.63, 3.8) is 0 Å². The number of rotatable bonds is 6. The molecule has 0 aliphatic rings. The summed E-state index contributed by atoms with van der Waals surface area (Å²) >= 11 is 0. The van der Waals surface area contributed by atoms with Crippen LogP contribution in [-0.4, -0.2) is 50.6 Å². The van der Waals surface area contributed by atoms with Gasteiger partial charge in [-0.3, -0.25) is 9.59 Å². The van der Waals surface area contributed by atoms with Crippen molar-refractivity contribution in [2.75, 3.05) is 33.9 Å². The summed E-state index contributed by atoms with van der Waals surface area (Å²) in [5.41, 5.74) is 0. The van der Waals surface area contributed by atoms with Crippen LogP contribution in [0.15, 0.2) is 0 Å². The zero-order valence-corrected chi connectivity index (χ0v) is 9.71. The van der Waals surface area contributed by atoms with Crippen LogP contribution in [0.3, 0.4) is 0 Å². The minimum Gasteiger partial charge on any atom is -0.383 e. The van der Waals surface area contributed by atoms with Gasteiger partial charge >= 0.3 is 11.8 Å². The summed E-state index contributed by atoms with van der Waals surface area (Å²) < 4.78 is 4.76. The maximum absolute atomic E-state index is 11.4. The molecule has 0 saturated carbocycles. The lowest BCUT2D eigenvalue weighted by Crippen LogP contribution is -2.42. The summed E-state index contributed by atoms with van der Waals surface area (Å²) in [6, 6.07) is 0. The van der Waals surface area contributed by atoms with E-state index in [0.29, 0.717) is 19.7 Å². The Morgan fingerprint density at radius 1 is 1.40 bits per heavy atom. The second-order valence-corrected chi connectivity index (χ2v) is 3.33. The van der Waals surface area contributed by atoms with Gasteiger partial charge in [-0.2, -0.15) is 0 Å². The van der Waals surface area contributed by atoms with E-state index in [-0.39, 0.29) is 0 Å². The standard InChI is InChI=1S/C10H20N2O3/c1-4-5-7-12(2)10(14)9(13)11-6-8-15-3/h4-8H2,1-3H3,(H,11,13). The normalized spacial score (nSPS) is 9.80. The molecule has 0 aliphatic carbocycles. The monoisotopic (exact) mass is 216 g/mol. The van der Waals surface area contributed by atoms with Crippen LogP contribution in [0.2, 0.25) is 0 Å². The number of hydrogen-bond donors (Lipinski definition) is 1. The molecule has 0 saturated heterocycles. The Kier molecular flexibility index (Phi) is 7.62. The number of methoxy groups -OCH3 is 1. The first-order valence-corrected chi connectivity index (χ1v) is 5.15.